The van der Waals surface area contributed by atoms with Gasteiger partial charge in [-0.05, 0) is 6.07 Å². The molecule has 1 unspecified atom stereocenters. The summed E-state index contributed by atoms with van der Waals surface area (Å²) in [5.74, 6) is -1.31. The van der Waals surface area contributed by atoms with E-state index in [0.717, 1.165) is 10.1 Å². The van der Waals surface area contributed by atoms with E-state index < -0.39 is 17.9 Å². The van der Waals surface area contributed by atoms with Gasteiger partial charge >= 0.3 is 0 Å². The molecule has 20 heavy (non-hydrogen) atoms. The highest BCUT2D eigenvalue weighted by Gasteiger charge is 2.32. The van der Waals surface area contributed by atoms with E-state index in [1.807, 2.05) is 24.3 Å². The van der Waals surface area contributed by atoms with Gasteiger partial charge in [0.2, 0.25) is 11.8 Å². The zero-order valence-electron chi connectivity index (χ0n) is 10.1. The van der Waals surface area contributed by atoms with Gasteiger partial charge in [0.25, 0.3) is 5.91 Å². The number of imide groups is 1. The van der Waals surface area contributed by atoms with Gasteiger partial charge in [-0.1, -0.05) is 29.8 Å². The summed E-state index contributed by atoms with van der Waals surface area (Å²) >= 11 is 7.44. The summed E-state index contributed by atoms with van der Waals surface area (Å²) in [5, 5.41) is 5.84. The molecule has 3 amide bonds. The molecular formula is C13H9ClN2O3S. The summed E-state index contributed by atoms with van der Waals surface area (Å²) < 4.78 is 0.898. The molecule has 1 fully saturated rings. The van der Waals surface area contributed by atoms with Crippen molar-refractivity contribution in [2.24, 2.45) is 0 Å². The van der Waals surface area contributed by atoms with Crippen LogP contribution in [-0.2, 0) is 9.59 Å². The van der Waals surface area contributed by atoms with Crippen molar-refractivity contribution in [2.45, 2.75) is 12.5 Å². The Balaban J connectivity index is 1.88. The number of fused-ring (bicyclic) bond motifs is 1. The Morgan fingerprint density at radius 3 is 2.75 bits per heavy atom. The maximum absolute atomic E-state index is 12.2. The number of thiophene rings is 1. The number of amides is 3. The maximum Gasteiger partial charge on any atom is 0.263 e. The molecule has 1 saturated heterocycles. The fourth-order valence-electron chi connectivity index (χ4n) is 2.05. The van der Waals surface area contributed by atoms with Gasteiger partial charge in [-0.25, -0.2) is 0 Å². The van der Waals surface area contributed by atoms with Gasteiger partial charge in [0.1, 0.15) is 10.9 Å². The lowest BCUT2D eigenvalue weighted by molar-refractivity contribution is -0.125. The molecule has 3 rings (SSSR count). The summed E-state index contributed by atoms with van der Waals surface area (Å²) in [4.78, 5) is 35.0. The van der Waals surface area contributed by atoms with Crippen LogP contribution in [0, 0.1) is 0 Å². The van der Waals surface area contributed by atoms with Gasteiger partial charge in [0.05, 0.1) is 11.4 Å². The van der Waals surface area contributed by atoms with E-state index in [9.17, 15) is 14.4 Å². The maximum atomic E-state index is 12.2. The molecule has 5 nitrogen and oxygen atoms in total. The van der Waals surface area contributed by atoms with Crippen molar-refractivity contribution in [2.75, 3.05) is 0 Å². The monoisotopic (exact) mass is 308 g/mol. The quantitative estimate of drug-likeness (QED) is 0.829. The zero-order valence-corrected chi connectivity index (χ0v) is 11.7. The first-order chi connectivity index (χ1) is 9.56. The average molecular weight is 309 g/mol. The fraction of sp³-hybridized carbons (Fsp3) is 0.154. The molecule has 2 heterocycles. The van der Waals surface area contributed by atoms with Crippen molar-refractivity contribution in [3.63, 3.8) is 0 Å². The molecule has 0 radical (unpaired) electrons. The average Bonchev–Trinajstić information content (AvgIpc) is 2.91. The van der Waals surface area contributed by atoms with E-state index in [4.69, 9.17) is 11.6 Å². The minimum atomic E-state index is -0.823. The number of hydrogen-bond donors (Lipinski definition) is 2. The Hall–Kier alpha value is -1.92. The Bertz CT molecular complexity index is 740. The van der Waals surface area contributed by atoms with E-state index in [-0.39, 0.29) is 12.3 Å². The van der Waals surface area contributed by atoms with E-state index in [0.29, 0.717) is 9.90 Å². The van der Waals surface area contributed by atoms with Crippen LogP contribution >= 0.6 is 22.9 Å². The van der Waals surface area contributed by atoms with E-state index in [2.05, 4.69) is 10.6 Å². The largest absolute Gasteiger partial charge is 0.339 e. The smallest absolute Gasteiger partial charge is 0.263 e. The standard InChI is InChI=1S/C13H9ClN2O3S/c14-10-6-3-1-2-4-8(6)20-11(10)13(19)15-7-5-9(17)16-12(7)18/h1-4,7H,5H2,(H,15,19)(H,16,17,18). The first-order valence-corrected chi connectivity index (χ1v) is 7.07. The molecule has 0 spiro atoms. The van der Waals surface area contributed by atoms with Crippen molar-refractivity contribution in [1.29, 1.82) is 0 Å². The Labute approximate surface area is 122 Å². The van der Waals surface area contributed by atoms with Crippen LogP contribution in [0.15, 0.2) is 24.3 Å². The second-order valence-electron chi connectivity index (χ2n) is 4.38. The molecule has 1 atom stereocenters. The van der Waals surface area contributed by atoms with Gasteiger partial charge in [0, 0.05) is 10.1 Å². The van der Waals surface area contributed by atoms with Crippen molar-refractivity contribution in [3.8, 4) is 0 Å². The molecule has 0 bridgehead atoms. The SMILES string of the molecule is O=C1CC(NC(=O)c2sc3ccccc3c2Cl)C(=O)N1. The Morgan fingerprint density at radius 2 is 2.10 bits per heavy atom. The highest BCUT2D eigenvalue weighted by atomic mass is 35.5. The Kier molecular flexibility index (Phi) is 3.19. The van der Waals surface area contributed by atoms with Crippen LogP contribution < -0.4 is 10.6 Å². The lowest BCUT2D eigenvalue weighted by atomic mass is 10.2. The van der Waals surface area contributed by atoms with Crippen LogP contribution in [0.25, 0.3) is 10.1 Å². The van der Waals surface area contributed by atoms with E-state index in [1.54, 1.807) is 0 Å². The molecule has 2 aromatic rings. The molecule has 0 saturated carbocycles. The third-order valence-corrected chi connectivity index (χ3v) is 4.69. The molecular weight excluding hydrogens is 300 g/mol. The minimum absolute atomic E-state index is 0.0346. The van der Waals surface area contributed by atoms with Gasteiger partial charge in [0.15, 0.2) is 0 Å². The second-order valence-corrected chi connectivity index (χ2v) is 5.81. The number of nitrogens with one attached hydrogen (secondary N) is 2. The number of rotatable bonds is 2. The van der Waals surface area contributed by atoms with Crippen molar-refractivity contribution in [3.05, 3.63) is 34.2 Å². The van der Waals surface area contributed by atoms with E-state index >= 15 is 0 Å². The third kappa shape index (κ3) is 2.17. The van der Waals surface area contributed by atoms with Crippen LogP contribution in [0.1, 0.15) is 16.1 Å². The topological polar surface area (TPSA) is 75.3 Å². The molecule has 2 N–H and O–H groups in total. The van der Waals surface area contributed by atoms with Gasteiger partial charge in [-0.3, -0.25) is 19.7 Å². The highest BCUT2D eigenvalue weighted by Crippen LogP contribution is 2.35. The van der Waals surface area contributed by atoms with Gasteiger partial charge in [-0.15, -0.1) is 11.3 Å². The van der Waals surface area contributed by atoms with Gasteiger partial charge in [-0.2, -0.15) is 0 Å². The normalized spacial score (nSPS) is 18.4. The summed E-state index contributed by atoms with van der Waals surface area (Å²) in [7, 11) is 0. The summed E-state index contributed by atoms with van der Waals surface area (Å²) in [6, 6.07) is 6.58. The molecule has 7 heteroatoms. The highest BCUT2D eigenvalue weighted by molar-refractivity contribution is 7.21. The van der Waals surface area contributed by atoms with Crippen LogP contribution in [0.5, 0.6) is 0 Å². The van der Waals surface area contributed by atoms with Crippen molar-refractivity contribution < 1.29 is 14.4 Å². The molecule has 102 valence electrons. The van der Waals surface area contributed by atoms with Crippen LogP contribution in [-0.4, -0.2) is 23.8 Å². The van der Waals surface area contributed by atoms with E-state index in [1.165, 1.54) is 11.3 Å². The van der Waals surface area contributed by atoms with Crippen LogP contribution in [0.4, 0.5) is 0 Å². The minimum Gasteiger partial charge on any atom is -0.339 e. The summed E-state index contributed by atoms with van der Waals surface area (Å²) in [6.45, 7) is 0. The molecule has 1 aromatic carbocycles. The van der Waals surface area contributed by atoms with Crippen LogP contribution in [0.3, 0.4) is 0 Å². The number of halogens is 1. The number of carbonyl (C=O) groups is 3. The molecule has 0 aliphatic carbocycles. The third-order valence-electron chi connectivity index (χ3n) is 3.02. The lowest BCUT2D eigenvalue weighted by Crippen LogP contribution is -2.39. The van der Waals surface area contributed by atoms with Gasteiger partial charge < -0.3 is 5.32 Å². The first kappa shape index (κ1) is 13.1. The lowest BCUT2D eigenvalue weighted by Gasteiger charge is -2.07. The first-order valence-electron chi connectivity index (χ1n) is 5.88. The molecule has 1 aliphatic heterocycles. The number of benzene rings is 1. The van der Waals surface area contributed by atoms with Crippen LogP contribution in [0.2, 0.25) is 5.02 Å². The Morgan fingerprint density at radius 1 is 1.35 bits per heavy atom. The summed E-state index contributed by atoms with van der Waals surface area (Å²) in [6.07, 6.45) is -0.0346. The second kappa shape index (κ2) is 4.88. The zero-order chi connectivity index (χ0) is 14.3. The fourth-order valence-corrected chi connectivity index (χ4v) is 3.47. The molecule has 1 aliphatic rings. The molecule has 1 aromatic heterocycles. The van der Waals surface area contributed by atoms with Crippen molar-refractivity contribution in [1.82, 2.24) is 10.6 Å². The summed E-state index contributed by atoms with van der Waals surface area (Å²) in [5.41, 5.74) is 0. The predicted molar refractivity (Wildman–Crippen MR) is 75.9 cm³/mol. The number of hydrogen-bond acceptors (Lipinski definition) is 4. The van der Waals surface area contributed by atoms with Crippen molar-refractivity contribution >= 4 is 50.7 Å². The number of carbonyl (C=O) groups excluding carboxylic acids is 3. The predicted octanol–water partition coefficient (Wildman–Crippen LogP) is 1.70.